The normalized spacial score (nSPS) is 18.5. The Morgan fingerprint density at radius 2 is 2.14 bits per heavy atom. The van der Waals surface area contributed by atoms with Gasteiger partial charge >= 0.3 is 0 Å². The van der Waals surface area contributed by atoms with E-state index < -0.39 is 12.2 Å². The molecule has 10 nitrogen and oxygen atoms in total. The van der Waals surface area contributed by atoms with E-state index in [1.807, 2.05) is 30.0 Å². The van der Waals surface area contributed by atoms with Gasteiger partial charge in [0.1, 0.15) is 18.2 Å². The van der Waals surface area contributed by atoms with Crippen LogP contribution in [0.5, 0.6) is 5.75 Å². The second-order valence-electron chi connectivity index (χ2n) is 9.79. The number of nitrogens with one attached hydrogen (secondary N) is 2. The van der Waals surface area contributed by atoms with Crippen molar-refractivity contribution in [2.75, 3.05) is 25.0 Å². The van der Waals surface area contributed by atoms with Crippen LogP contribution in [0.3, 0.4) is 0 Å². The second-order valence-corrected chi connectivity index (χ2v) is 9.79. The molecule has 10 heteroatoms. The summed E-state index contributed by atoms with van der Waals surface area (Å²) in [6, 6.07) is 9.47. The molecular formula is C27H33N5O5. The van der Waals surface area contributed by atoms with E-state index in [2.05, 4.69) is 20.6 Å². The third-order valence-electron chi connectivity index (χ3n) is 6.96. The van der Waals surface area contributed by atoms with Crippen molar-refractivity contribution in [3.8, 4) is 5.75 Å². The van der Waals surface area contributed by atoms with Gasteiger partial charge in [-0.3, -0.25) is 9.69 Å². The van der Waals surface area contributed by atoms with E-state index >= 15 is 0 Å². The highest BCUT2D eigenvalue weighted by Crippen LogP contribution is 2.30. The summed E-state index contributed by atoms with van der Waals surface area (Å²) in [7, 11) is 0. The lowest BCUT2D eigenvalue weighted by atomic mass is 9.93. The van der Waals surface area contributed by atoms with Gasteiger partial charge in [-0.05, 0) is 61.6 Å². The van der Waals surface area contributed by atoms with Gasteiger partial charge in [0.2, 0.25) is 0 Å². The molecule has 5 rings (SSSR count). The molecule has 0 bridgehead atoms. The molecule has 1 amide bonds. The average molecular weight is 508 g/mol. The summed E-state index contributed by atoms with van der Waals surface area (Å²) in [4.78, 5) is 22.9. The summed E-state index contributed by atoms with van der Waals surface area (Å²) < 4.78 is 11.1. The van der Waals surface area contributed by atoms with Gasteiger partial charge < -0.3 is 30.0 Å². The second kappa shape index (κ2) is 11.3. The quantitative estimate of drug-likeness (QED) is 0.327. The zero-order chi connectivity index (χ0) is 25.8. The molecule has 3 aromatic rings. The largest absolute Gasteiger partial charge is 0.486 e. The van der Waals surface area contributed by atoms with Crippen molar-refractivity contribution in [2.45, 2.75) is 57.6 Å². The molecule has 1 aliphatic carbocycles. The Balaban J connectivity index is 1.10. The molecule has 2 aromatic heterocycles. The number of rotatable bonds is 10. The molecular weight excluding hydrogens is 474 g/mol. The summed E-state index contributed by atoms with van der Waals surface area (Å²) in [5.41, 5.74) is 3.08. The Hall–Kier alpha value is -3.47. The van der Waals surface area contributed by atoms with Crippen molar-refractivity contribution in [3.05, 3.63) is 71.1 Å². The van der Waals surface area contributed by atoms with Crippen LogP contribution < -0.4 is 15.4 Å². The van der Waals surface area contributed by atoms with Crippen LogP contribution in [0.15, 0.2) is 47.3 Å². The summed E-state index contributed by atoms with van der Waals surface area (Å²) in [5, 5.41) is 27.5. The highest BCUT2D eigenvalue weighted by atomic mass is 16.5. The molecule has 1 fully saturated rings. The molecule has 0 saturated heterocycles. The number of β-amino-alcohol motifs (C(OH)–C–C–N with tert-alkyl or cyclic N) is 2. The van der Waals surface area contributed by atoms with Gasteiger partial charge in [-0.25, -0.2) is 9.97 Å². The number of ether oxygens (including phenoxy) is 1. The van der Waals surface area contributed by atoms with Crippen molar-refractivity contribution >= 4 is 11.7 Å². The fourth-order valence-corrected chi connectivity index (χ4v) is 4.61. The number of hydrogen-bond acceptors (Lipinski definition) is 9. The van der Waals surface area contributed by atoms with Crippen molar-refractivity contribution in [1.29, 1.82) is 0 Å². The van der Waals surface area contributed by atoms with Gasteiger partial charge in [0.05, 0.1) is 17.9 Å². The van der Waals surface area contributed by atoms with Gasteiger partial charge in [-0.1, -0.05) is 6.07 Å². The van der Waals surface area contributed by atoms with Crippen LogP contribution in [0, 0.1) is 6.92 Å². The number of aryl methyl sites for hydroxylation is 1. The topological polar surface area (TPSA) is 133 Å². The first-order valence-electron chi connectivity index (χ1n) is 12.7. The Morgan fingerprint density at radius 1 is 1.27 bits per heavy atom. The summed E-state index contributed by atoms with van der Waals surface area (Å²) in [5.74, 6) is 1.75. The standard InChI is InChI=1S/C27H33N5O5/c1-17-25(37-16-30-17)15-36-22-6-5-19-12-32(14-24(34)23(19)10-22)13-21(33)11-29-27(35)18-7-8-28-26(9-18)31-20-3-2-4-20/h5-10,16,20-21,24,33-34H,2-4,11-15H2,1H3,(H,28,31)(H,29,35)/t21?,24-/m0/s1. The van der Waals surface area contributed by atoms with Crippen LogP contribution in [0.2, 0.25) is 0 Å². The van der Waals surface area contributed by atoms with Gasteiger partial charge in [0, 0.05) is 44.0 Å². The molecule has 2 atom stereocenters. The van der Waals surface area contributed by atoms with Crippen molar-refractivity contribution in [2.24, 2.45) is 0 Å². The van der Waals surface area contributed by atoms with Crippen LogP contribution in [0.4, 0.5) is 5.82 Å². The fraction of sp³-hybridized carbons (Fsp3) is 0.444. The number of pyridine rings is 1. The van der Waals surface area contributed by atoms with Crippen LogP contribution >= 0.6 is 0 Å². The number of carbonyl (C=O) groups excluding carboxylic acids is 1. The number of oxazole rings is 1. The number of aliphatic hydroxyl groups is 2. The molecule has 1 aromatic carbocycles. The number of fused-ring (bicyclic) bond motifs is 1. The molecule has 2 aliphatic rings. The van der Waals surface area contributed by atoms with Crippen LogP contribution in [0.25, 0.3) is 0 Å². The predicted molar refractivity (Wildman–Crippen MR) is 136 cm³/mol. The van der Waals surface area contributed by atoms with E-state index in [1.165, 1.54) is 12.8 Å². The number of aromatic nitrogens is 2. The van der Waals surface area contributed by atoms with Crippen molar-refractivity contribution in [3.63, 3.8) is 0 Å². The minimum atomic E-state index is -0.778. The lowest BCUT2D eigenvalue weighted by molar-refractivity contribution is 0.0517. The van der Waals surface area contributed by atoms with Crippen LogP contribution in [-0.4, -0.2) is 62.8 Å². The maximum absolute atomic E-state index is 12.6. The molecule has 0 spiro atoms. The van der Waals surface area contributed by atoms with Gasteiger partial charge in [0.25, 0.3) is 5.91 Å². The molecule has 1 unspecified atom stereocenters. The first-order chi connectivity index (χ1) is 17.9. The first kappa shape index (κ1) is 25.2. The lowest BCUT2D eigenvalue weighted by Crippen LogP contribution is -2.43. The number of hydrogen-bond donors (Lipinski definition) is 4. The Kier molecular flexibility index (Phi) is 7.68. The highest BCUT2D eigenvalue weighted by Gasteiger charge is 2.26. The molecule has 3 heterocycles. The van der Waals surface area contributed by atoms with Gasteiger partial charge in [-0.2, -0.15) is 0 Å². The van der Waals surface area contributed by atoms with Crippen molar-refractivity contribution < 1.29 is 24.2 Å². The Bertz CT molecular complexity index is 1230. The fourth-order valence-electron chi connectivity index (χ4n) is 4.61. The molecule has 196 valence electrons. The van der Waals surface area contributed by atoms with Gasteiger partial charge in [0.15, 0.2) is 12.2 Å². The smallest absolute Gasteiger partial charge is 0.251 e. The van der Waals surface area contributed by atoms with E-state index in [0.717, 1.165) is 29.7 Å². The third kappa shape index (κ3) is 6.27. The summed E-state index contributed by atoms with van der Waals surface area (Å²) in [6.07, 6.45) is 4.98. The number of carbonyl (C=O) groups is 1. The minimum Gasteiger partial charge on any atom is -0.486 e. The van der Waals surface area contributed by atoms with Crippen LogP contribution in [0.1, 0.15) is 58.3 Å². The number of aliphatic hydroxyl groups excluding tert-OH is 2. The third-order valence-corrected chi connectivity index (χ3v) is 6.96. The lowest BCUT2D eigenvalue weighted by Gasteiger charge is -2.33. The molecule has 0 radical (unpaired) electrons. The minimum absolute atomic E-state index is 0.111. The average Bonchev–Trinajstić information content (AvgIpc) is 3.28. The maximum Gasteiger partial charge on any atom is 0.251 e. The van der Waals surface area contributed by atoms with Gasteiger partial charge in [-0.15, -0.1) is 0 Å². The number of amides is 1. The number of benzene rings is 1. The SMILES string of the molecule is Cc1ncoc1COc1ccc2c(c1)[C@@H](O)CN(CC(O)CNC(=O)c1ccnc(NC3CCC3)c1)C2. The van der Waals surface area contributed by atoms with E-state index in [9.17, 15) is 15.0 Å². The predicted octanol–water partition coefficient (Wildman–Crippen LogP) is 2.56. The number of anilines is 1. The zero-order valence-electron chi connectivity index (χ0n) is 20.9. The zero-order valence-corrected chi connectivity index (χ0v) is 20.9. The highest BCUT2D eigenvalue weighted by molar-refractivity contribution is 5.94. The van der Waals surface area contributed by atoms with E-state index in [0.29, 0.717) is 48.6 Å². The number of nitrogens with zero attached hydrogens (tertiary/aromatic N) is 3. The molecule has 4 N–H and O–H groups in total. The van der Waals surface area contributed by atoms with E-state index in [1.54, 1.807) is 18.3 Å². The van der Waals surface area contributed by atoms with E-state index in [-0.39, 0.29) is 19.1 Å². The van der Waals surface area contributed by atoms with Crippen molar-refractivity contribution in [1.82, 2.24) is 20.2 Å². The molecule has 37 heavy (non-hydrogen) atoms. The molecule has 1 saturated carbocycles. The summed E-state index contributed by atoms with van der Waals surface area (Å²) in [6.45, 7) is 3.52. The summed E-state index contributed by atoms with van der Waals surface area (Å²) >= 11 is 0. The Labute approximate surface area is 215 Å². The van der Waals surface area contributed by atoms with E-state index in [4.69, 9.17) is 9.15 Å². The molecule has 1 aliphatic heterocycles. The maximum atomic E-state index is 12.6. The first-order valence-corrected chi connectivity index (χ1v) is 12.7. The monoisotopic (exact) mass is 507 g/mol. The van der Waals surface area contributed by atoms with Crippen LogP contribution in [-0.2, 0) is 13.2 Å². The Morgan fingerprint density at radius 3 is 2.89 bits per heavy atom.